The molecule has 0 aliphatic heterocycles. The summed E-state index contributed by atoms with van der Waals surface area (Å²) in [4.78, 5) is 46.6. The molecule has 6 rings (SSSR count). The van der Waals surface area contributed by atoms with Crippen molar-refractivity contribution in [2.24, 2.45) is 0 Å². The largest absolute Gasteiger partial charge is 1.00 e. The van der Waals surface area contributed by atoms with Gasteiger partial charge in [0.25, 0.3) is 0 Å². The van der Waals surface area contributed by atoms with Gasteiger partial charge in [0.2, 0.25) is 0 Å². The van der Waals surface area contributed by atoms with E-state index in [1.807, 2.05) is 123 Å². The number of H-pyrrole nitrogens is 1. The molecule has 12 nitrogen and oxygen atoms in total. The van der Waals surface area contributed by atoms with Gasteiger partial charge in [0.1, 0.15) is 22.9 Å². The van der Waals surface area contributed by atoms with Crippen LogP contribution < -0.4 is 24.0 Å². The van der Waals surface area contributed by atoms with Crippen molar-refractivity contribution in [3.8, 4) is 22.8 Å². The summed E-state index contributed by atoms with van der Waals surface area (Å²) in [7, 11) is 0. The van der Waals surface area contributed by atoms with Crippen LogP contribution in [0.1, 0.15) is 148 Å². The summed E-state index contributed by atoms with van der Waals surface area (Å²) >= 11 is 0. The Morgan fingerprint density at radius 2 is 0.985 bits per heavy atom. The smallest absolute Gasteiger partial charge is 0.871 e. The number of aromatic nitrogens is 8. The number of pyridine rings is 4. The van der Waals surface area contributed by atoms with Crippen molar-refractivity contribution >= 4 is 39.9 Å². The maximum absolute atomic E-state index is 11.1. The molecule has 1 N–H and O–H groups in total. The predicted molar refractivity (Wildman–Crippen MR) is 280 cm³/mol. The third-order valence-corrected chi connectivity index (χ3v) is 6.12. The average molecular weight is 902 g/mol. The van der Waals surface area contributed by atoms with Gasteiger partial charge >= 0.3 is 18.9 Å². The minimum Gasteiger partial charge on any atom is -0.871 e. The van der Waals surface area contributed by atoms with E-state index in [0.29, 0.717) is 11.4 Å². The number of aromatic amines is 1. The van der Waals surface area contributed by atoms with Crippen LogP contribution in [0.3, 0.4) is 0 Å². The molecule has 0 fully saturated rings. The molecule has 358 valence electrons. The van der Waals surface area contributed by atoms with Crippen LogP contribution in [0.5, 0.6) is 0 Å². The standard InChI is InChI=1S/C11H13N3.C9H9N3.C9H9NO2.C7H7NO.C3H6O.5C2H6.2CH4.2B.Li.H2/c1-3-14-9(2)8-11(13-14)10-6-4-5-7-12-10;1-7-6-9(12-11-7)8-4-2-3-5-10-8;1-7(11)6-9(12)8-4-2-3-5-10-8;1-6(9)7-4-2-3-5-8-7;1-3(2)4;5*1-2;;;;;;/h4-8H,3H2,1-2H3;2-6H,1H3,(H,11,12);2-6,12H,1H3;2-5H,1H3;1-2H3;5*1-2H3;2*1H4;;;;1H/q;;;;;;;;;;;;;;+1;/p-1/b;;9-6-;;;;;;;;;;;;;/i;;;;;;;;;;;;;;;1+1. The molecule has 0 spiro atoms. The minimum absolute atomic E-state index is 0. The molecule has 0 saturated carbocycles. The number of nitrogens with one attached hydrogen (secondary N) is 1. The number of nitrogens with zero attached hydrogens (tertiary/aromatic N) is 7. The summed E-state index contributed by atoms with van der Waals surface area (Å²) in [5.41, 5.74) is 6.73. The van der Waals surface area contributed by atoms with Gasteiger partial charge in [0.05, 0.1) is 17.1 Å². The van der Waals surface area contributed by atoms with Crippen LogP contribution in [0.25, 0.3) is 28.5 Å². The van der Waals surface area contributed by atoms with Gasteiger partial charge < -0.3 is 9.90 Å². The number of aryl methyl sites for hydroxylation is 3. The number of ketones is 3. The molecule has 6 radical (unpaired) electrons. The summed E-state index contributed by atoms with van der Waals surface area (Å²) in [6.45, 7) is 32.9. The molecule has 6 aromatic heterocycles. The van der Waals surface area contributed by atoms with Crippen LogP contribution >= 0.6 is 0 Å². The Bertz CT molecular complexity index is 1970. The van der Waals surface area contributed by atoms with E-state index in [2.05, 4.69) is 55.1 Å². The quantitative estimate of drug-likeness (QED) is 0.0735. The summed E-state index contributed by atoms with van der Waals surface area (Å²) in [5, 5.41) is 22.5. The number of hydrogen-bond acceptors (Lipinski definition) is 10. The first-order chi connectivity index (χ1) is 29.4. The van der Waals surface area contributed by atoms with E-state index in [9.17, 15) is 19.5 Å². The third-order valence-electron chi connectivity index (χ3n) is 6.12. The van der Waals surface area contributed by atoms with Crippen molar-refractivity contribution in [1.29, 1.82) is 0 Å². The molecule has 15 heteroatoms. The molecule has 6 aromatic rings. The average Bonchev–Trinajstić information content (AvgIpc) is 3.93. The second-order valence-electron chi connectivity index (χ2n) is 10.9. The van der Waals surface area contributed by atoms with Crippen molar-refractivity contribution in [1.82, 2.24) is 39.9 Å². The Kier molecular flexibility index (Phi) is 67.7. The van der Waals surface area contributed by atoms with Gasteiger partial charge in [0, 0.05) is 67.9 Å². The fraction of sp³-hybridized carbons (Fsp3) is 0.392. The monoisotopic (exact) mass is 902 g/mol. The van der Waals surface area contributed by atoms with Gasteiger partial charge in [-0.1, -0.05) is 114 Å². The maximum atomic E-state index is 11.1. The van der Waals surface area contributed by atoms with Crippen LogP contribution in [0.4, 0.5) is 0 Å². The Labute approximate surface area is 418 Å². The molecule has 66 heavy (non-hydrogen) atoms. The Hall–Kier alpha value is -5.70. The number of rotatable bonds is 6. The zero-order valence-corrected chi connectivity index (χ0v) is 42.1. The van der Waals surface area contributed by atoms with E-state index in [4.69, 9.17) is 0 Å². The number of allylic oxidation sites excluding steroid dienone is 1. The first-order valence-electron chi connectivity index (χ1n) is 21.0. The maximum Gasteiger partial charge on any atom is 1.00 e. The van der Waals surface area contributed by atoms with Crippen molar-refractivity contribution < 1.29 is 39.8 Å². The second kappa shape index (κ2) is 55.4. The second-order valence-corrected chi connectivity index (χ2v) is 10.9. The first kappa shape index (κ1) is 80.6. The molecular formula is C51H83B2LiN8O4. The van der Waals surface area contributed by atoms with Crippen LogP contribution in [0.15, 0.2) is 116 Å². The fourth-order valence-electron chi connectivity index (χ4n) is 3.87. The molecule has 0 atom stereocenters. The van der Waals surface area contributed by atoms with Crippen molar-refractivity contribution in [2.45, 2.75) is 139 Å². The Morgan fingerprint density at radius 1 is 0.606 bits per heavy atom. The van der Waals surface area contributed by atoms with Crippen LogP contribution in [-0.2, 0) is 16.1 Å². The summed E-state index contributed by atoms with van der Waals surface area (Å²) in [6, 6.07) is 25.9. The molecule has 0 unspecified atom stereocenters. The minimum atomic E-state index is -0.344. The molecular weight excluding hydrogens is 817 g/mol. The number of hydrogen-bond donors (Lipinski definition) is 1. The van der Waals surface area contributed by atoms with Gasteiger partial charge in [-0.2, -0.15) is 10.2 Å². The topological polar surface area (TPSA) is 172 Å². The molecule has 0 aliphatic carbocycles. The summed E-state index contributed by atoms with van der Waals surface area (Å²) in [5.74, 6) is -0.427. The molecule has 6 heterocycles. The third kappa shape index (κ3) is 39.9. The van der Waals surface area contributed by atoms with Crippen LogP contribution in [0.2, 0.25) is 0 Å². The Morgan fingerprint density at radius 3 is 1.26 bits per heavy atom. The zero-order chi connectivity index (χ0) is 47.6. The predicted octanol–water partition coefficient (Wildman–Crippen LogP) is 9.20. The van der Waals surface area contributed by atoms with E-state index < -0.39 is 0 Å². The summed E-state index contributed by atoms with van der Waals surface area (Å²) < 4.78 is 1.98. The SMILES string of the molecule is C.C.CC.CC.CC.CC.CC.CC(=O)/C=C(\[O-])c1ccccn1.CC(=O)c1ccccn1.CC(C)=O.CCn1nc(-c2ccccn2)cc1C.Cc1cc(-c2ccccn2)n[nH]1.[2HH].[B].[B].[Li+]. The van der Waals surface area contributed by atoms with Crippen molar-refractivity contribution in [2.75, 3.05) is 0 Å². The van der Waals surface area contributed by atoms with E-state index >= 15 is 0 Å². The Balaban J connectivity index is -0.0000000725. The van der Waals surface area contributed by atoms with Gasteiger partial charge in [-0.05, 0) is 108 Å². The summed E-state index contributed by atoms with van der Waals surface area (Å²) in [6.07, 6.45) is 7.70. The van der Waals surface area contributed by atoms with Crippen LogP contribution in [0, 0.1) is 13.8 Å². The number of carbonyl (C=O) groups excluding carboxylic acids is 3. The van der Waals surface area contributed by atoms with E-state index in [1.165, 1.54) is 39.6 Å². The fourth-order valence-corrected chi connectivity index (χ4v) is 3.87. The molecule has 0 amide bonds. The van der Waals surface area contributed by atoms with Gasteiger partial charge in [-0.15, -0.1) is 0 Å². The molecule has 0 bridgehead atoms. The van der Waals surface area contributed by atoms with Gasteiger partial charge in [0.15, 0.2) is 11.6 Å². The van der Waals surface area contributed by atoms with Gasteiger partial charge in [-0.25, -0.2) is 0 Å². The number of carbonyl (C=O) groups is 3. The van der Waals surface area contributed by atoms with Crippen molar-refractivity contribution in [3.05, 3.63) is 139 Å². The first-order valence-corrected chi connectivity index (χ1v) is 21.0. The van der Waals surface area contributed by atoms with E-state index in [-0.39, 0.29) is 75.1 Å². The van der Waals surface area contributed by atoms with E-state index in [1.54, 1.807) is 55.0 Å². The molecule has 0 saturated heterocycles. The number of Topliss-reactive ketones (excluding diaryl/α,β-unsaturated/α-hetero) is 2. The van der Waals surface area contributed by atoms with Crippen LogP contribution in [-0.4, -0.2) is 74.1 Å². The zero-order valence-electron chi connectivity index (χ0n) is 42.1. The van der Waals surface area contributed by atoms with Crippen molar-refractivity contribution in [3.63, 3.8) is 0 Å². The molecule has 0 aliphatic rings. The molecule has 0 aromatic carbocycles. The normalized spacial score (nSPS) is 8.17. The van der Waals surface area contributed by atoms with Gasteiger partial charge in [-0.3, -0.25) is 39.3 Å². The van der Waals surface area contributed by atoms with E-state index in [0.717, 1.165) is 41.1 Å².